The number of benzene rings is 1. The molecule has 15 heavy (non-hydrogen) atoms. The Morgan fingerprint density at radius 2 is 2.20 bits per heavy atom. The quantitative estimate of drug-likeness (QED) is 0.681. The van der Waals surface area contributed by atoms with Crippen molar-refractivity contribution in [3.63, 3.8) is 0 Å². The fourth-order valence-corrected chi connectivity index (χ4v) is 1.74. The van der Waals surface area contributed by atoms with Gasteiger partial charge in [0.15, 0.2) is 0 Å². The molecule has 0 bridgehead atoms. The van der Waals surface area contributed by atoms with Gasteiger partial charge in [0.25, 0.3) is 0 Å². The molecule has 0 spiro atoms. The number of nitro benzene ring substituents is 1. The normalized spacial score (nSPS) is 15.1. The Morgan fingerprint density at radius 3 is 2.73 bits per heavy atom. The summed E-state index contributed by atoms with van der Waals surface area (Å²) in [5, 5.41) is 13.6. The maximum absolute atomic E-state index is 13.3. The molecular weight excluding hydrogens is 267 g/mol. The third-order valence-electron chi connectivity index (χ3n) is 2.15. The van der Waals surface area contributed by atoms with Crippen LogP contribution in [0.15, 0.2) is 16.6 Å². The largest absolute Gasteiger partial charge is 0.377 e. The van der Waals surface area contributed by atoms with E-state index in [0.29, 0.717) is 4.47 Å². The highest BCUT2D eigenvalue weighted by Crippen LogP contribution is 2.35. The van der Waals surface area contributed by atoms with Gasteiger partial charge in [0, 0.05) is 10.5 Å². The van der Waals surface area contributed by atoms with Gasteiger partial charge in [-0.1, -0.05) is 15.9 Å². The highest BCUT2D eigenvalue weighted by molar-refractivity contribution is 9.10. The lowest BCUT2D eigenvalue weighted by Gasteiger charge is -2.06. The Hall–Kier alpha value is -1.17. The van der Waals surface area contributed by atoms with Gasteiger partial charge in [-0.05, 0) is 25.0 Å². The molecule has 0 radical (unpaired) electrons. The van der Waals surface area contributed by atoms with Crippen LogP contribution in [0, 0.1) is 15.9 Å². The number of nitro groups is 1. The molecule has 1 N–H and O–H groups in total. The molecule has 4 nitrogen and oxygen atoms in total. The predicted octanol–water partition coefficient (Wildman–Crippen LogP) is 3.07. The van der Waals surface area contributed by atoms with Gasteiger partial charge in [0.1, 0.15) is 5.69 Å². The first kappa shape index (κ1) is 10.4. The van der Waals surface area contributed by atoms with Gasteiger partial charge in [-0.15, -0.1) is 0 Å². The van der Waals surface area contributed by atoms with Crippen LogP contribution in [0.4, 0.5) is 15.8 Å². The van der Waals surface area contributed by atoms with Gasteiger partial charge in [0.05, 0.1) is 4.92 Å². The SMILES string of the molecule is O=[N+]([O-])c1c(F)cc(Br)cc1NC1CC1. The molecule has 0 unspecified atom stereocenters. The first-order chi connectivity index (χ1) is 7.08. The highest BCUT2D eigenvalue weighted by atomic mass is 79.9. The lowest BCUT2D eigenvalue weighted by Crippen LogP contribution is -2.05. The highest BCUT2D eigenvalue weighted by Gasteiger charge is 2.27. The number of hydrogen-bond acceptors (Lipinski definition) is 3. The molecule has 0 saturated heterocycles. The number of halogens is 2. The molecule has 1 aromatic carbocycles. The molecule has 1 aromatic rings. The van der Waals surface area contributed by atoms with E-state index in [0.717, 1.165) is 18.9 Å². The molecule has 2 rings (SSSR count). The summed E-state index contributed by atoms with van der Waals surface area (Å²) in [7, 11) is 0. The fraction of sp³-hybridized carbons (Fsp3) is 0.333. The van der Waals surface area contributed by atoms with E-state index in [-0.39, 0.29) is 11.7 Å². The van der Waals surface area contributed by atoms with Crippen molar-refractivity contribution in [1.82, 2.24) is 0 Å². The van der Waals surface area contributed by atoms with Gasteiger partial charge in [0.2, 0.25) is 5.82 Å². The average Bonchev–Trinajstić information content (AvgIpc) is 2.85. The van der Waals surface area contributed by atoms with Crippen LogP contribution in [0.5, 0.6) is 0 Å². The second kappa shape index (κ2) is 3.77. The van der Waals surface area contributed by atoms with Crippen LogP contribution in [-0.4, -0.2) is 11.0 Å². The van der Waals surface area contributed by atoms with E-state index in [1.54, 1.807) is 0 Å². The number of anilines is 1. The van der Waals surface area contributed by atoms with Crippen molar-refractivity contribution in [1.29, 1.82) is 0 Å². The Balaban J connectivity index is 2.42. The van der Waals surface area contributed by atoms with Crippen molar-refractivity contribution in [3.8, 4) is 0 Å². The van der Waals surface area contributed by atoms with Crippen molar-refractivity contribution >= 4 is 27.3 Å². The van der Waals surface area contributed by atoms with E-state index in [4.69, 9.17) is 0 Å². The Labute approximate surface area is 93.8 Å². The molecule has 80 valence electrons. The van der Waals surface area contributed by atoms with Crippen molar-refractivity contribution in [2.75, 3.05) is 5.32 Å². The maximum atomic E-state index is 13.3. The molecule has 1 aliphatic carbocycles. The summed E-state index contributed by atoms with van der Waals surface area (Å²) in [5.74, 6) is -0.822. The number of nitrogens with one attached hydrogen (secondary N) is 1. The first-order valence-electron chi connectivity index (χ1n) is 4.48. The average molecular weight is 275 g/mol. The van der Waals surface area contributed by atoms with Crippen LogP contribution in [0.3, 0.4) is 0 Å². The summed E-state index contributed by atoms with van der Waals surface area (Å²) < 4.78 is 13.8. The van der Waals surface area contributed by atoms with Crippen molar-refractivity contribution in [2.24, 2.45) is 0 Å². The molecule has 6 heteroatoms. The Kier molecular flexibility index (Phi) is 2.60. The second-order valence-electron chi connectivity index (χ2n) is 3.46. The number of nitrogens with zero attached hydrogens (tertiary/aromatic N) is 1. The molecule has 0 heterocycles. The lowest BCUT2D eigenvalue weighted by atomic mass is 10.2. The summed E-state index contributed by atoms with van der Waals surface area (Å²) >= 11 is 3.10. The molecule has 0 aromatic heterocycles. The molecule has 1 aliphatic rings. The Bertz CT molecular complexity index is 421. The Morgan fingerprint density at radius 1 is 1.53 bits per heavy atom. The van der Waals surface area contributed by atoms with Crippen LogP contribution >= 0.6 is 15.9 Å². The predicted molar refractivity (Wildman–Crippen MR) is 57.4 cm³/mol. The molecule has 1 saturated carbocycles. The summed E-state index contributed by atoms with van der Waals surface area (Å²) in [4.78, 5) is 9.96. The standard InChI is InChI=1S/C9H8BrFN2O2/c10-5-3-7(11)9(13(14)15)8(4-5)12-6-1-2-6/h3-4,6,12H,1-2H2. The van der Waals surface area contributed by atoms with Crippen molar-refractivity contribution in [3.05, 3.63) is 32.5 Å². The zero-order chi connectivity index (χ0) is 11.0. The zero-order valence-corrected chi connectivity index (χ0v) is 9.25. The van der Waals surface area contributed by atoms with E-state index in [2.05, 4.69) is 21.2 Å². The van der Waals surface area contributed by atoms with Gasteiger partial charge >= 0.3 is 5.69 Å². The third-order valence-corrected chi connectivity index (χ3v) is 2.61. The van der Waals surface area contributed by atoms with E-state index in [1.807, 2.05) is 0 Å². The van der Waals surface area contributed by atoms with Gasteiger partial charge in [-0.25, -0.2) is 0 Å². The molecule has 0 aliphatic heterocycles. The van der Waals surface area contributed by atoms with E-state index >= 15 is 0 Å². The van der Waals surface area contributed by atoms with E-state index in [1.165, 1.54) is 6.07 Å². The van der Waals surface area contributed by atoms with Crippen molar-refractivity contribution < 1.29 is 9.31 Å². The zero-order valence-electron chi connectivity index (χ0n) is 7.67. The van der Waals surface area contributed by atoms with Crippen molar-refractivity contribution in [2.45, 2.75) is 18.9 Å². The second-order valence-corrected chi connectivity index (χ2v) is 4.38. The summed E-state index contributed by atoms with van der Waals surface area (Å²) in [6.07, 6.45) is 1.95. The first-order valence-corrected chi connectivity index (χ1v) is 5.27. The molecule has 1 fully saturated rings. The van der Waals surface area contributed by atoms with Gasteiger partial charge in [-0.2, -0.15) is 4.39 Å². The minimum atomic E-state index is -0.822. The summed E-state index contributed by atoms with van der Waals surface area (Å²) in [6.45, 7) is 0. The monoisotopic (exact) mass is 274 g/mol. The minimum Gasteiger partial charge on any atom is -0.377 e. The van der Waals surface area contributed by atoms with Crippen LogP contribution in [0.25, 0.3) is 0 Å². The van der Waals surface area contributed by atoms with Crippen LogP contribution in [-0.2, 0) is 0 Å². The summed E-state index contributed by atoms with van der Waals surface area (Å²) in [5.41, 5.74) is -0.237. The third kappa shape index (κ3) is 2.26. The minimum absolute atomic E-state index is 0.245. The van der Waals surface area contributed by atoms with Gasteiger partial charge < -0.3 is 5.32 Å². The molecular formula is C9H8BrFN2O2. The number of hydrogen-bond donors (Lipinski definition) is 1. The van der Waals surface area contributed by atoms with Gasteiger partial charge in [-0.3, -0.25) is 10.1 Å². The van der Waals surface area contributed by atoms with Crippen LogP contribution < -0.4 is 5.32 Å². The fourth-order valence-electron chi connectivity index (χ4n) is 1.31. The smallest absolute Gasteiger partial charge is 0.327 e. The van der Waals surface area contributed by atoms with E-state index in [9.17, 15) is 14.5 Å². The summed E-state index contributed by atoms with van der Waals surface area (Å²) in [6, 6.07) is 2.87. The van der Waals surface area contributed by atoms with Crippen LogP contribution in [0.1, 0.15) is 12.8 Å². The topological polar surface area (TPSA) is 55.2 Å². The maximum Gasteiger partial charge on any atom is 0.327 e. The van der Waals surface area contributed by atoms with E-state index < -0.39 is 16.4 Å². The molecule has 0 atom stereocenters. The van der Waals surface area contributed by atoms with Crippen LogP contribution in [0.2, 0.25) is 0 Å². The number of rotatable bonds is 3. The molecule has 0 amide bonds. The lowest BCUT2D eigenvalue weighted by molar-refractivity contribution is -0.386.